The van der Waals surface area contributed by atoms with Gasteiger partial charge < -0.3 is 10.6 Å². The van der Waals surface area contributed by atoms with Gasteiger partial charge in [0.1, 0.15) is 0 Å². The van der Waals surface area contributed by atoms with Crippen LogP contribution in [-0.2, 0) is 11.2 Å². The van der Waals surface area contributed by atoms with Crippen LogP contribution in [0.4, 0.5) is 0 Å². The van der Waals surface area contributed by atoms with Crippen LogP contribution < -0.4 is 5.73 Å². The first kappa shape index (κ1) is 15.8. The minimum absolute atomic E-state index is 0.216. The maximum absolute atomic E-state index is 12.7. The monoisotopic (exact) mass is 320 g/mol. The van der Waals surface area contributed by atoms with Crippen LogP contribution in [0.25, 0.3) is 0 Å². The second kappa shape index (κ2) is 7.01. The third kappa shape index (κ3) is 3.47. The van der Waals surface area contributed by atoms with Gasteiger partial charge in [-0.1, -0.05) is 36.2 Å². The zero-order valence-electron chi connectivity index (χ0n) is 13.0. The Morgan fingerprint density at radius 3 is 2.77 bits per heavy atom. The van der Waals surface area contributed by atoms with Gasteiger partial charge in [0.2, 0.25) is 5.91 Å². The fraction of sp³-hybridized carbons (Fsp3) is 0.611. The van der Waals surface area contributed by atoms with E-state index in [-0.39, 0.29) is 11.9 Å². The van der Waals surface area contributed by atoms with Crippen LogP contribution >= 0.6 is 11.6 Å². The van der Waals surface area contributed by atoms with Gasteiger partial charge in [-0.25, -0.2) is 0 Å². The molecule has 0 spiro atoms. The molecule has 2 N–H and O–H groups in total. The first-order chi connectivity index (χ1) is 10.6. The number of nitrogens with two attached hydrogens (primary N) is 1. The van der Waals surface area contributed by atoms with Crippen molar-refractivity contribution >= 4 is 17.5 Å². The van der Waals surface area contributed by atoms with E-state index in [0.717, 1.165) is 49.2 Å². The van der Waals surface area contributed by atoms with E-state index in [9.17, 15) is 4.79 Å². The minimum Gasteiger partial charge on any atom is -0.339 e. The van der Waals surface area contributed by atoms with Gasteiger partial charge in [-0.15, -0.1) is 0 Å². The van der Waals surface area contributed by atoms with Gasteiger partial charge >= 0.3 is 0 Å². The predicted octanol–water partition coefficient (Wildman–Crippen LogP) is 3.39. The lowest BCUT2D eigenvalue weighted by Crippen LogP contribution is -2.39. The molecule has 3 rings (SSSR count). The van der Waals surface area contributed by atoms with Crippen LogP contribution in [-0.4, -0.2) is 29.4 Å². The average Bonchev–Trinajstić information content (AvgIpc) is 3.11. The first-order valence-corrected chi connectivity index (χ1v) is 8.81. The summed E-state index contributed by atoms with van der Waals surface area (Å²) in [5.41, 5.74) is 7.26. The highest BCUT2D eigenvalue weighted by Gasteiger charge is 2.33. The van der Waals surface area contributed by atoms with E-state index < -0.39 is 0 Å². The van der Waals surface area contributed by atoms with Crippen LogP contribution in [0.15, 0.2) is 24.3 Å². The van der Waals surface area contributed by atoms with Gasteiger partial charge in [0.25, 0.3) is 0 Å². The summed E-state index contributed by atoms with van der Waals surface area (Å²) < 4.78 is 0. The van der Waals surface area contributed by atoms with E-state index in [1.807, 2.05) is 18.2 Å². The van der Waals surface area contributed by atoms with Crippen molar-refractivity contribution < 1.29 is 4.79 Å². The number of halogens is 1. The fourth-order valence-electron chi connectivity index (χ4n) is 3.95. The third-order valence-corrected chi connectivity index (χ3v) is 5.63. The van der Waals surface area contributed by atoms with Crippen molar-refractivity contribution in [3.05, 3.63) is 34.9 Å². The second-order valence-electron chi connectivity index (χ2n) is 6.74. The summed E-state index contributed by atoms with van der Waals surface area (Å²) >= 11 is 6.27. The molecule has 0 bridgehead atoms. The number of benzene rings is 1. The second-order valence-corrected chi connectivity index (χ2v) is 7.14. The summed E-state index contributed by atoms with van der Waals surface area (Å²) in [4.78, 5) is 14.7. The Kier molecular flexibility index (Phi) is 5.04. The largest absolute Gasteiger partial charge is 0.339 e. The molecular weight excluding hydrogens is 296 g/mol. The number of carbonyl (C=O) groups excluding carboxylic acids is 1. The highest BCUT2D eigenvalue weighted by molar-refractivity contribution is 6.31. The van der Waals surface area contributed by atoms with Gasteiger partial charge in [0.15, 0.2) is 0 Å². The van der Waals surface area contributed by atoms with Crippen LogP contribution in [0, 0.1) is 5.92 Å². The van der Waals surface area contributed by atoms with E-state index in [4.69, 9.17) is 17.3 Å². The Labute approximate surface area is 137 Å². The molecule has 4 heteroatoms. The molecule has 3 atom stereocenters. The fourth-order valence-corrected chi connectivity index (χ4v) is 4.17. The van der Waals surface area contributed by atoms with E-state index in [1.54, 1.807) is 0 Å². The molecule has 1 aromatic carbocycles. The summed E-state index contributed by atoms with van der Waals surface area (Å²) in [6.07, 6.45) is 7.01. The molecule has 1 heterocycles. The third-order valence-electron chi connectivity index (χ3n) is 5.27. The van der Waals surface area contributed by atoms with Gasteiger partial charge in [-0.05, 0) is 49.7 Å². The lowest BCUT2D eigenvalue weighted by atomic mass is 9.98. The standard InChI is InChI=1S/C18H25ClN2O/c19-16-8-2-1-5-13(16)11-15-7-4-10-21(15)18(22)12-14-6-3-9-17(14)20/h1-2,5,8,14-15,17H,3-4,6-7,9-12,20H2/t14-,15?,17+/m0/s1. The number of likely N-dealkylation sites (tertiary alicyclic amines) is 1. The molecule has 2 fully saturated rings. The van der Waals surface area contributed by atoms with Crippen molar-refractivity contribution in [2.24, 2.45) is 11.7 Å². The van der Waals surface area contributed by atoms with Crippen LogP contribution in [0.2, 0.25) is 5.02 Å². The molecule has 1 unspecified atom stereocenters. The predicted molar refractivity (Wildman–Crippen MR) is 89.8 cm³/mol. The molecule has 0 radical (unpaired) electrons. The Morgan fingerprint density at radius 2 is 2.05 bits per heavy atom. The van der Waals surface area contributed by atoms with Crippen molar-refractivity contribution in [2.45, 2.75) is 57.0 Å². The highest BCUT2D eigenvalue weighted by Crippen LogP contribution is 2.30. The van der Waals surface area contributed by atoms with Crippen LogP contribution in [0.1, 0.15) is 44.1 Å². The van der Waals surface area contributed by atoms with Gasteiger partial charge in [-0.2, -0.15) is 0 Å². The first-order valence-electron chi connectivity index (χ1n) is 8.43. The van der Waals surface area contributed by atoms with Crippen LogP contribution in [0.5, 0.6) is 0 Å². The van der Waals surface area contributed by atoms with Gasteiger partial charge in [-0.3, -0.25) is 4.79 Å². The van der Waals surface area contributed by atoms with Crippen molar-refractivity contribution in [2.75, 3.05) is 6.54 Å². The topological polar surface area (TPSA) is 46.3 Å². The number of hydrogen-bond donors (Lipinski definition) is 1. The number of carbonyl (C=O) groups is 1. The minimum atomic E-state index is 0.216. The van der Waals surface area contributed by atoms with E-state index >= 15 is 0 Å². The van der Waals surface area contributed by atoms with Crippen molar-refractivity contribution in [1.29, 1.82) is 0 Å². The Balaban J connectivity index is 1.62. The summed E-state index contributed by atoms with van der Waals surface area (Å²) in [5, 5.41) is 0.805. The van der Waals surface area contributed by atoms with Crippen molar-refractivity contribution in [3.8, 4) is 0 Å². The van der Waals surface area contributed by atoms with Crippen LogP contribution in [0.3, 0.4) is 0 Å². The maximum Gasteiger partial charge on any atom is 0.223 e. The molecule has 0 aromatic heterocycles. The number of nitrogens with zero attached hydrogens (tertiary/aromatic N) is 1. The lowest BCUT2D eigenvalue weighted by molar-refractivity contribution is -0.133. The molecule has 120 valence electrons. The van der Waals surface area contributed by atoms with Gasteiger partial charge in [0.05, 0.1) is 0 Å². The quantitative estimate of drug-likeness (QED) is 0.924. The number of hydrogen-bond acceptors (Lipinski definition) is 2. The van der Waals surface area contributed by atoms with E-state index in [0.29, 0.717) is 18.4 Å². The molecule has 22 heavy (non-hydrogen) atoms. The normalized spacial score (nSPS) is 28.3. The Hall–Kier alpha value is -1.06. The Morgan fingerprint density at radius 1 is 1.23 bits per heavy atom. The molecule has 1 saturated carbocycles. The average molecular weight is 321 g/mol. The maximum atomic E-state index is 12.7. The van der Waals surface area contributed by atoms with E-state index in [2.05, 4.69) is 11.0 Å². The smallest absolute Gasteiger partial charge is 0.223 e. The SMILES string of the molecule is N[C@@H]1CCC[C@H]1CC(=O)N1CCCC1Cc1ccccc1Cl. The zero-order chi connectivity index (χ0) is 15.5. The molecule has 1 saturated heterocycles. The van der Waals surface area contributed by atoms with Crippen molar-refractivity contribution in [3.63, 3.8) is 0 Å². The summed E-state index contributed by atoms with van der Waals surface area (Å²) in [7, 11) is 0. The molecule has 1 aliphatic carbocycles. The number of rotatable bonds is 4. The van der Waals surface area contributed by atoms with Gasteiger partial charge in [0, 0.05) is 30.1 Å². The van der Waals surface area contributed by atoms with E-state index in [1.165, 1.54) is 6.42 Å². The highest BCUT2D eigenvalue weighted by atomic mass is 35.5. The zero-order valence-corrected chi connectivity index (χ0v) is 13.8. The van der Waals surface area contributed by atoms with Crippen molar-refractivity contribution in [1.82, 2.24) is 4.90 Å². The molecule has 1 aliphatic heterocycles. The molecule has 1 aromatic rings. The molecule has 2 aliphatic rings. The summed E-state index contributed by atoms with van der Waals surface area (Å²) in [6.45, 7) is 0.885. The number of amides is 1. The molecule has 1 amide bonds. The summed E-state index contributed by atoms with van der Waals surface area (Å²) in [6, 6.07) is 8.47. The Bertz CT molecular complexity index is 534. The summed E-state index contributed by atoms with van der Waals surface area (Å²) in [5.74, 6) is 0.672. The molecular formula is C18H25ClN2O. The lowest BCUT2D eigenvalue weighted by Gasteiger charge is -2.27. The molecule has 3 nitrogen and oxygen atoms in total.